The van der Waals surface area contributed by atoms with E-state index in [9.17, 15) is 4.79 Å². The highest BCUT2D eigenvalue weighted by atomic mass is 16.5. The fraction of sp³-hybridized carbons (Fsp3) is 0.500. The summed E-state index contributed by atoms with van der Waals surface area (Å²) in [6.45, 7) is 3.77. The first-order chi connectivity index (χ1) is 13.2. The van der Waals surface area contributed by atoms with Crippen molar-refractivity contribution in [3.8, 4) is 5.75 Å². The van der Waals surface area contributed by atoms with Crippen LogP contribution in [-0.2, 0) is 17.8 Å². The minimum atomic E-state index is 0.207. The van der Waals surface area contributed by atoms with Gasteiger partial charge < -0.3 is 14.5 Å². The van der Waals surface area contributed by atoms with Gasteiger partial charge in [0.2, 0.25) is 5.91 Å². The Balaban J connectivity index is 1.20. The van der Waals surface area contributed by atoms with Crippen LogP contribution in [-0.4, -0.2) is 37.6 Å². The van der Waals surface area contributed by atoms with E-state index in [0.717, 1.165) is 51.1 Å². The highest BCUT2D eigenvalue weighted by Gasteiger charge is 2.58. The molecule has 1 amide bonds. The average Bonchev–Trinajstić information content (AvgIpc) is 3.14. The molecule has 5 nitrogen and oxygen atoms in total. The lowest BCUT2D eigenvalue weighted by Gasteiger charge is -2.32. The number of hydrogen-bond acceptors (Lipinski definition) is 4. The summed E-state index contributed by atoms with van der Waals surface area (Å²) in [5.74, 6) is 1.31. The summed E-state index contributed by atoms with van der Waals surface area (Å²) in [6, 6.07) is 10.1. The standard InChI is InChI=1S/C22H28N2O3/c1-26-19-4-2-3-17(13-19)5-9-23-21(25)20-14-22(20)7-10-24(11-8-22)15-18-6-12-27-16-18/h2-4,6,12-13,16,20H,5,7-11,14-15H2,1H3,(H,23,25). The molecular formula is C22H28N2O3. The van der Waals surface area contributed by atoms with E-state index in [1.807, 2.05) is 30.5 Å². The van der Waals surface area contributed by atoms with Gasteiger partial charge in [-0.25, -0.2) is 0 Å². The summed E-state index contributed by atoms with van der Waals surface area (Å²) in [5.41, 5.74) is 2.67. The molecule has 2 aromatic rings. The number of piperidine rings is 1. The number of rotatable bonds is 7. The third kappa shape index (κ3) is 4.19. The minimum absolute atomic E-state index is 0.207. The molecule has 144 valence electrons. The Kier molecular flexibility index (Phi) is 5.21. The lowest BCUT2D eigenvalue weighted by Crippen LogP contribution is -2.37. The van der Waals surface area contributed by atoms with Gasteiger partial charge in [0.05, 0.1) is 19.6 Å². The first-order valence-corrected chi connectivity index (χ1v) is 9.83. The Morgan fingerprint density at radius 2 is 2.15 bits per heavy atom. The predicted octanol–water partition coefficient (Wildman–Crippen LogP) is 3.25. The van der Waals surface area contributed by atoms with Gasteiger partial charge in [-0.2, -0.15) is 0 Å². The van der Waals surface area contributed by atoms with Crippen molar-refractivity contribution in [1.29, 1.82) is 0 Å². The average molecular weight is 368 g/mol. The first kappa shape index (κ1) is 18.1. The third-order valence-corrected chi connectivity index (χ3v) is 6.19. The molecule has 4 rings (SSSR count). The number of ether oxygens (including phenoxy) is 1. The Hall–Kier alpha value is -2.27. The summed E-state index contributed by atoms with van der Waals surface area (Å²) in [6.07, 6.45) is 7.68. The maximum Gasteiger partial charge on any atom is 0.223 e. The molecule has 5 heteroatoms. The molecular weight excluding hydrogens is 340 g/mol. The molecule has 1 unspecified atom stereocenters. The van der Waals surface area contributed by atoms with Crippen LogP contribution in [0.1, 0.15) is 30.4 Å². The van der Waals surface area contributed by atoms with Crippen LogP contribution in [0.2, 0.25) is 0 Å². The Bertz CT molecular complexity index is 764. The van der Waals surface area contributed by atoms with Crippen LogP contribution < -0.4 is 10.1 Å². The van der Waals surface area contributed by atoms with Crippen LogP contribution in [0.25, 0.3) is 0 Å². The molecule has 1 aliphatic heterocycles. The zero-order valence-electron chi connectivity index (χ0n) is 15.9. The van der Waals surface area contributed by atoms with Crippen molar-refractivity contribution in [2.75, 3.05) is 26.7 Å². The molecule has 1 saturated carbocycles. The van der Waals surface area contributed by atoms with E-state index >= 15 is 0 Å². The molecule has 1 N–H and O–H groups in total. The second kappa shape index (κ2) is 7.77. The Labute approximate surface area is 160 Å². The summed E-state index contributed by atoms with van der Waals surface area (Å²) >= 11 is 0. The van der Waals surface area contributed by atoms with Crippen molar-refractivity contribution in [3.63, 3.8) is 0 Å². The van der Waals surface area contributed by atoms with Crippen molar-refractivity contribution in [2.24, 2.45) is 11.3 Å². The van der Waals surface area contributed by atoms with Crippen LogP contribution >= 0.6 is 0 Å². The predicted molar refractivity (Wildman–Crippen MR) is 103 cm³/mol. The SMILES string of the molecule is COc1cccc(CCNC(=O)C2CC23CCN(Cc2ccoc2)CC3)c1. The van der Waals surface area contributed by atoms with E-state index in [1.54, 1.807) is 13.4 Å². The van der Waals surface area contributed by atoms with Gasteiger partial charge in [0.15, 0.2) is 0 Å². The highest BCUT2D eigenvalue weighted by Crippen LogP contribution is 2.59. The number of hydrogen-bond donors (Lipinski definition) is 1. The number of furan rings is 1. The number of methoxy groups -OCH3 is 1. The molecule has 2 heterocycles. The molecule has 0 radical (unpaired) electrons. The summed E-state index contributed by atoms with van der Waals surface area (Å²) in [7, 11) is 1.67. The van der Waals surface area contributed by atoms with Crippen LogP contribution in [0, 0.1) is 11.3 Å². The number of likely N-dealkylation sites (tertiary alicyclic amines) is 1. The normalized spacial score (nSPS) is 21.1. The molecule has 27 heavy (non-hydrogen) atoms. The van der Waals surface area contributed by atoms with Crippen molar-refractivity contribution in [3.05, 3.63) is 54.0 Å². The molecule has 1 saturated heterocycles. The van der Waals surface area contributed by atoms with Crippen molar-refractivity contribution in [1.82, 2.24) is 10.2 Å². The van der Waals surface area contributed by atoms with Gasteiger partial charge in [-0.15, -0.1) is 0 Å². The van der Waals surface area contributed by atoms with Crippen molar-refractivity contribution < 1.29 is 13.9 Å². The molecule has 1 aromatic carbocycles. The number of carbonyl (C=O) groups excluding carboxylic acids is 1. The van der Waals surface area contributed by atoms with Gasteiger partial charge in [0.1, 0.15) is 5.75 Å². The summed E-state index contributed by atoms with van der Waals surface area (Å²) in [4.78, 5) is 15.0. The molecule has 1 aliphatic carbocycles. The second-order valence-corrected chi connectivity index (χ2v) is 7.92. The van der Waals surface area contributed by atoms with E-state index in [4.69, 9.17) is 9.15 Å². The fourth-order valence-corrected chi connectivity index (χ4v) is 4.35. The molecule has 1 aromatic heterocycles. The number of carbonyl (C=O) groups is 1. The maximum absolute atomic E-state index is 12.6. The minimum Gasteiger partial charge on any atom is -0.497 e. The molecule has 1 atom stereocenters. The van der Waals surface area contributed by atoms with Crippen LogP contribution in [0.3, 0.4) is 0 Å². The second-order valence-electron chi connectivity index (χ2n) is 7.92. The molecule has 1 spiro atoms. The van der Waals surface area contributed by atoms with Crippen molar-refractivity contribution in [2.45, 2.75) is 32.2 Å². The first-order valence-electron chi connectivity index (χ1n) is 9.83. The van der Waals surface area contributed by atoms with Crippen LogP contribution in [0.15, 0.2) is 47.3 Å². The molecule has 2 aliphatic rings. The maximum atomic E-state index is 12.6. The molecule has 2 fully saturated rings. The largest absolute Gasteiger partial charge is 0.497 e. The topological polar surface area (TPSA) is 54.7 Å². The van der Waals surface area contributed by atoms with E-state index in [-0.39, 0.29) is 17.2 Å². The highest BCUT2D eigenvalue weighted by molar-refractivity contribution is 5.82. The lowest BCUT2D eigenvalue weighted by molar-refractivity contribution is -0.123. The van der Waals surface area contributed by atoms with Gasteiger partial charge >= 0.3 is 0 Å². The van der Waals surface area contributed by atoms with Gasteiger partial charge in [0, 0.05) is 24.6 Å². The van der Waals surface area contributed by atoms with Gasteiger partial charge in [-0.1, -0.05) is 12.1 Å². The number of benzene rings is 1. The zero-order valence-corrected chi connectivity index (χ0v) is 15.9. The Morgan fingerprint density at radius 3 is 2.89 bits per heavy atom. The number of nitrogens with one attached hydrogen (secondary N) is 1. The monoisotopic (exact) mass is 368 g/mol. The van der Waals surface area contributed by atoms with Gasteiger partial charge in [-0.3, -0.25) is 9.69 Å². The van der Waals surface area contributed by atoms with Crippen molar-refractivity contribution >= 4 is 5.91 Å². The zero-order chi connectivity index (χ0) is 18.7. The van der Waals surface area contributed by atoms with Crippen LogP contribution in [0.4, 0.5) is 0 Å². The summed E-state index contributed by atoms with van der Waals surface area (Å²) < 4.78 is 10.4. The fourth-order valence-electron chi connectivity index (χ4n) is 4.35. The van der Waals surface area contributed by atoms with E-state index in [1.165, 1.54) is 11.1 Å². The van der Waals surface area contributed by atoms with Gasteiger partial charge in [-0.05, 0) is 68.0 Å². The van der Waals surface area contributed by atoms with E-state index < -0.39 is 0 Å². The van der Waals surface area contributed by atoms with E-state index in [2.05, 4.69) is 16.3 Å². The summed E-state index contributed by atoms with van der Waals surface area (Å²) in [5, 5.41) is 3.14. The smallest absolute Gasteiger partial charge is 0.223 e. The van der Waals surface area contributed by atoms with Gasteiger partial charge in [0.25, 0.3) is 0 Å². The third-order valence-electron chi connectivity index (χ3n) is 6.19. The Morgan fingerprint density at radius 1 is 1.30 bits per heavy atom. The molecule has 0 bridgehead atoms. The lowest BCUT2D eigenvalue weighted by atomic mass is 9.90. The quantitative estimate of drug-likeness (QED) is 0.815. The number of nitrogens with zero attached hydrogens (tertiary/aromatic N) is 1. The number of amides is 1. The van der Waals surface area contributed by atoms with Crippen LogP contribution in [0.5, 0.6) is 5.75 Å². The van der Waals surface area contributed by atoms with E-state index in [0.29, 0.717) is 6.54 Å².